The Kier molecular flexibility index (Phi) is 4.56. The van der Waals surface area contributed by atoms with Crippen LogP contribution in [0, 0.1) is 6.92 Å². The Morgan fingerprint density at radius 3 is 2.63 bits per heavy atom. The molecule has 1 unspecified atom stereocenters. The SMILES string of the molecule is Cc1nn(C)c(CC(O)c2ccc(Cl)cc2Cl)c1Br. The van der Waals surface area contributed by atoms with Crippen molar-refractivity contribution in [3.63, 3.8) is 0 Å². The van der Waals surface area contributed by atoms with Crippen LogP contribution in [0.2, 0.25) is 10.0 Å². The average molecular weight is 364 g/mol. The fourth-order valence-corrected chi connectivity index (χ4v) is 3.00. The maximum Gasteiger partial charge on any atom is 0.0860 e. The molecular formula is C13H13BrCl2N2O. The molecule has 0 bridgehead atoms. The molecule has 0 amide bonds. The zero-order valence-electron chi connectivity index (χ0n) is 10.5. The monoisotopic (exact) mass is 362 g/mol. The van der Waals surface area contributed by atoms with E-state index in [1.807, 2.05) is 14.0 Å². The van der Waals surface area contributed by atoms with Crippen molar-refractivity contribution in [3.8, 4) is 0 Å². The first-order valence-corrected chi connectivity index (χ1v) is 7.26. The lowest BCUT2D eigenvalue weighted by atomic mass is 10.0. The molecule has 0 radical (unpaired) electrons. The summed E-state index contributed by atoms with van der Waals surface area (Å²) in [6.07, 6.45) is -0.268. The van der Waals surface area contributed by atoms with E-state index in [-0.39, 0.29) is 0 Å². The van der Waals surface area contributed by atoms with Gasteiger partial charge in [-0.3, -0.25) is 4.68 Å². The zero-order chi connectivity index (χ0) is 14.2. The molecule has 0 aliphatic rings. The van der Waals surface area contributed by atoms with Crippen molar-refractivity contribution in [2.75, 3.05) is 0 Å². The van der Waals surface area contributed by atoms with Gasteiger partial charge in [0, 0.05) is 23.5 Å². The molecule has 1 heterocycles. The minimum atomic E-state index is -0.698. The van der Waals surface area contributed by atoms with Crippen LogP contribution in [0.5, 0.6) is 0 Å². The van der Waals surface area contributed by atoms with Crippen LogP contribution in [0.1, 0.15) is 23.1 Å². The van der Waals surface area contributed by atoms with Gasteiger partial charge < -0.3 is 5.11 Å². The molecule has 1 aromatic carbocycles. The Balaban J connectivity index is 2.28. The van der Waals surface area contributed by atoms with Crippen molar-refractivity contribution in [3.05, 3.63) is 49.7 Å². The molecule has 1 aromatic heterocycles. The molecule has 2 rings (SSSR count). The van der Waals surface area contributed by atoms with Crippen molar-refractivity contribution in [1.29, 1.82) is 0 Å². The van der Waals surface area contributed by atoms with Crippen LogP contribution < -0.4 is 0 Å². The number of rotatable bonds is 3. The molecule has 3 nitrogen and oxygen atoms in total. The molecule has 102 valence electrons. The number of benzene rings is 1. The highest BCUT2D eigenvalue weighted by atomic mass is 79.9. The maximum atomic E-state index is 10.3. The van der Waals surface area contributed by atoms with E-state index in [9.17, 15) is 5.11 Å². The van der Waals surface area contributed by atoms with Crippen LogP contribution >= 0.6 is 39.1 Å². The first-order chi connectivity index (χ1) is 8.90. The van der Waals surface area contributed by atoms with Crippen LogP contribution in [0.25, 0.3) is 0 Å². The van der Waals surface area contributed by atoms with Gasteiger partial charge in [-0.1, -0.05) is 29.3 Å². The molecule has 2 aromatic rings. The number of halogens is 3. The van der Waals surface area contributed by atoms with Gasteiger partial charge in [-0.15, -0.1) is 0 Å². The molecular weight excluding hydrogens is 351 g/mol. The quantitative estimate of drug-likeness (QED) is 0.892. The lowest BCUT2D eigenvalue weighted by Gasteiger charge is -2.13. The molecule has 6 heteroatoms. The van der Waals surface area contributed by atoms with Crippen LogP contribution in [0.4, 0.5) is 0 Å². The highest BCUT2D eigenvalue weighted by molar-refractivity contribution is 9.10. The second-order valence-electron chi connectivity index (χ2n) is 4.36. The van der Waals surface area contributed by atoms with Gasteiger partial charge in [-0.05, 0) is 40.5 Å². The Hall–Kier alpha value is -0.550. The molecule has 0 saturated carbocycles. The number of aliphatic hydroxyl groups excluding tert-OH is 1. The zero-order valence-corrected chi connectivity index (χ0v) is 13.6. The first kappa shape index (κ1) is 14.9. The predicted molar refractivity (Wildman–Crippen MR) is 80.8 cm³/mol. The normalized spacial score (nSPS) is 12.7. The number of hydrogen-bond acceptors (Lipinski definition) is 2. The highest BCUT2D eigenvalue weighted by Crippen LogP contribution is 2.30. The van der Waals surface area contributed by atoms with Crippen LogP contribution in [0.15, 0.2) is 22.7 Å². The number of nitrogens with zero attached hydrogens (tertiary/aromatic N) is 2. The van der Waals surface area contributed by atoms with Crippen molar-refractivity contribution in [2.24, 2.45) is 7.05 Å². The molecule has 0 spiro atoms. The van der Waals surface area contributed by atoms with Crippen molar-refractivity contribution < 1.29 is 5.11 Å². The van der Waals surface area contributed by atoms with Gasteiger partial charge in [0.2, 0.25) is 0 Å². The fraction of sp³-hybridized carbons (Fsp3) is 0.308. The Bertz CT molecular complexity index is 613. The third-order valence-corrected chi connectivity index (χ3v) is 4.56. The van der Waals surface area contributed by atoms with E-state index in [4.69, 9.17) is 23.2 Å². The lowest BCUT2D eigenvalue weighted by molar-refractivity contribution is 0.175. The van der Waals surface area contributed by atoms with E-state index in [1.165, 1.54) is 0 Å². The smallest absolute Gasteiger partial charge is 0.0860 e. The van der Waals surface area contributed by atoms with E-state index < -0.39 is 6.10 Å². The molecule has 0 aliphatic heterocycles. The summed E-state index contributed by atoms with van der Waals surface area (Å²) in [6.45, 7) is 1.91. The molecule has 0 saturated heterocycles. The number of aromatic nitrogens is 2. The van der Waals surface area contributed by atoms with Crippen molar-refractivity contribution >= 4 is 39.1 Å². The molecule has 0 aliphatic carbocycles. The molecule has 19 heavy (non-hydrogen) atoms. The second kappa shape index (κ2) is 5.83. The van der Waals surface area contributed by atoms with E-state index in [0.717, 1.165) is 15.9 Å². The van der Waals surface area contributed by atoms with Gasteiger partial charge in [0.15, 0.2) is 0 Å². The van der Waals surface area contributed by atoms with Crippen molar-refractivity contribution in [1.82, 2.24) is 9.78 Å². The largest absolute Gasteiger partial charge is 0.388 e. The summed E-state index contributed by atoms with van der Waals surface area (Å²) in [7, 11) is 1.85. The molecule has 0 fully saturated rings. The summed E-state index contributed by atoms with van der Waals surface area (Å²) in [6, 6.07) is 5.09. The van der Waals surface area contributed by atoms with Gasteiger partial charge in [-0.2, -0.15) is 5.10 Å². The first-order valence-electron chi connectivity index (χ1n) is 5.71. The maximum absolute atomic E-state index is 10.3. The van der Waals surface area contributed by atoms with Gasteiger partial charge in [0.1, 0.15) is 0 Å². The third-order valence-electron chi connectivity index (χ3n) is 2.97. The van der Waals surface area contributed by atoms with E-state index in [2.05, 4.69) is 21.0 Å². The number of aliphatic hydroxyl groups is 1. The standard InChI is InChI=1S/C13H13BrCl2N2O/c1-7-13(14)11(18(2)17-7)6-12(19)9-4-3-8(15)5-10(9)16/h3-5,12,19H,6H2,1-2H3. The third kappa shape index (κ3) is 3.14. The van der Waals surface area contributed by atoms with Gasteiger partial charge >= 0.3 is 0 Å². The van der Waals surface area contributed by atoms with E-state index in [0.29, 0.717) is 22.0 Å². The van der Waals surface area contributed by atoms with Gasteiger partial charge in [0.25, 0.3) is 0 Å². The van der Waals surface area contributed by atoms with Crippen LogP contribution in [0.3, 0.4) is 0 Å². The summed E-state index contributed by atoms with van der Waals surface area (Å²) >= 11 is 15.4. The average Bonchev–Trinajstić information content (AvgIpc) is 2.56. The van der Waals surface area contributed by atoms with Crippen molar-refractivity contribution in [2.45, 2.75) is 19.4 Å². The van der Waals surface area contributed by atoms with Gasteiger partial charge in [0.05, 0.1) is 22.0 Å². The topological polar surface area (TPSA) is 38.0 Å². The molecule has 1 atom stereocenters. The Morgan fingerprint density at radius 2 is 2.11 bits per heavy atom. The summed E-state index contributed by atoms with van der Waals surface area (Å²) in [5, 5.41) is 15.6. The highest BCUT2D eigenvalue weighted by Gasteiger charge is 2.18. The summed E-state index contributed by atoms with van der Waals surface area (Å²) < 4.78 is 2.67. The van der Waals surface area contributed by atoms with Crippen LogP contribution in [-0.4, -0.2) is 14.9 Å². The second-order valence-corrected chi connectivity index (χ2v) is 5.99. The predicted octanol–water partition coefficient (Wildman–Crippen LogP) is 4.07. The summed E-state index contributed by atoms with van der Waals surface area (Å²) in [5.74, 6) is 0. The minimum Gasteiger partial charge on any atom is -0.388 e. The summed E-state index contributed by atoms with van der Waals surface area (Å²) in [4.78, 5) is 0. The Morgan fingerprint density at radius 1 is 1.42 bits per heavy atom. The van der Waals surface area contributed by atoms with E-state index >= 15 is 0 Å². The van der Waals surface area contributed by atoms with Gasteiger partial charge in [-0.25, -0.2) is 0 Å². The summed E-state index contributed by atoms with van der Waals surface area (Å²) in [5.41, 5.74) is 2.49. The number of aryl methyl sites for hydroxylation is 2. The lowest BCUT2D eigenvalue weighted by Crippen LogP contribution is -2.07. The molecule has 1 N–H and O–H groups in total. The number of hydrogen-bond donors (Lipinski definition) is 1. The van der Waals surface area contributed by atoms with E-state index in [1.54, 1.807) is 22.9 Å². The van der Waals surface area contributed by atoms with Crippen LogP contribution in [-0.2, 0) is 13.5 Å². The minimum absolute atomic E-state index is 0.430. The Labute approximate surface area is 130 Å². The fourth-order valence-electron chi connectivity index (χ4n) is 1.97.